The molecule has 0 aliphatic rings. The van der Waals surface area contributed by atoms with E-state index < -0.39 is 0 Å². The highest BCUT2D eigenvalue weighted by Crippen LogP contribution is 2.20. The van der Waals surface area contributed by atoms with Crippen LogP contribution in [0.1, 0.15) is 29.7 Å². The van der Waals surface area contributed by atoms with Crippen LogP contribution in [-0.4, -0.2) is 5.11 Å². The molecule has 2 N–H and O–H groups in total. The Kier molecular flexibility index (Phi) is 4.00. The maximum Gasteiger partial charge on any atom is 0.0681 e. The van der Waals surface area contributed by atoms with Gasteiger partial charge in [0.25, 0.3) is 0 Å². The van der Waals surface area contributed by atoms with E-state index in [1.807, 2.05) is 18.2 Å². The lowest BCUT2D eigenvalue weighted by Gasteiger charge is -2.16. The van der Waals surface area contributed by atoms with Crippen molar-refractivity contribution in [3.05, 3.63) is 65.2 Å². The lowest BCUT2D eigenvalue weighted by atomic mass is 10.0. The first-order chi connectivity index (χ1) is 8.69. The van der Waals surface area contributed by atoms with Crippen LogP contribution in [0.4, 0.5) is 5.69 Å². The van der Waals surface area contributed by atoms with E-state index in [0.29, 0.717) is 0 Å². The van der Waals surface area contributed by atoms with Crippen molar-refractivity contribution >= 4 is 5.69 Å². The summed E-state index contributed by atoms with van der Waals surface area (Å²) in [4.78, 5) is 0. The molecule has 1 atom stereocenters. The summed E-state index contributed by atoms with van der Waals surface area (Å²) >= 11 is 0. The molecule has 2 nitrogen and oxygen atoms in total. The predicted molar refractivity (Wildman–Crippen MR) is 75.6 cm³/mol. The van der Waals surface area contributed by atoms with Crippen molar-refractivity contribution in [1.29, 1.82) is 0 Å². The van der Waals surface area contributed by atoms with Crippen LogP contribution in [0.3, 0.4) is 0 Å². The minimum absolute atomic E-state index is 0.0883. The third-order valence-corrected chi connectivity index (χ3v) is 3.03. The van der Waals surface area contributed by atoms with Gasteiger partial charge in [-0.3, -0.25) is 0 Å². The van der Waals surface area contributed by atoms with Crippen LogP contribution in [0.25, 0.3) is 0 Å². The maximum atomic E-state index is 9.15. The summed E-state index contributed by atoms with van der Waals surface area (Å²) in [5.41, 5.74) is 4.50. The van der Waals surface area contributed by atoms with E-state index in [9.17, 15) is 0 Å². The van der Waals surface area contributed by atoms with Gasteiger partial charge in [-0.05, 0) is 42.7 Å². The number of benzene rings is 2. The standard InChI is InChI=1S/C16H19NO/c1-12-5-3-8-16(9-12)17-13(2)15-7-4-6-14(10-15)11-18/h3-10,13,17-18H,11H2,1-2H3. The lowest BCUT2D eigenvalue weighted by Crippen LogP contribution is -2.07. The molecule has 0 saturated heterocycles. The van der Waals surface area contributed by atoms with Crippen LogP contribution in [0.5, 0.6) is 0 Å². The Bertz CT molecular complexity index is 522. The minimum Gasteiger partial charge on any atom is -0.392 e. The van der Waals surface area contributed by atoms with Gasteiger partial charge in [-0.15, -0.1) is 0 Å². The second-order valence-electron chi connectivity index (χ2n) is 4.64. The normalized spacial score (nSPS) is 12.2. The largest absolute Gasteiger partial charge is 0.392 e. The first kappa shape index (κ1) is 12.7. The summed E-state index contributed by atoms with van der Waals surface area (Å²) in [7, 11) is 0. The fourth-order valence-corrected chi connectivity index (χ4v) is 2.03. The molecule has 2 heteroatoms. The van der Waals surface area contributed by atoms with E-state index in [1.54, 1.807) is 0 Å². The summed E-state index contributed by atoms with van der Waals surface area (Å²) in [5.74, 6) is 0. The van der Waals surface area contributed by atoms with Crippen LogP contribution in [0.15, 0.2) is 48.5 Å². The number of aliphatic hydroxyl groups excluding tert-OH is 1. The lowest BCUT2D eigenvalue weighted by molar-refractivity contribution is 0.281. The smallest absolute Gasteiger partial charge is 0.0681 e. The van der Waals surface area contributed by atoms with Crippen LogP contribution in [0.2, 0.25) is 0 Å². The summed E-state index contributed by atoms with van der Waals surface area (Å²) in [5, 5.41) is 12.6. The summed E-state index contributed by atoms with van der Waals surface area (Å²) < 4.78 is 0. The third-order valence-electron chi connectivity index (χ3n) is 3.03. The molecule has 2 rings (SSSR count). The molecule has 0 radical (unpaired) electrons. The molecule has 0 fully saturated rings. The van der Waals surface area contributed by atoms with Gasteiger partial charge in [-0.1, -0.05) is 36.4 Å². The number of hydrogen-bond donors (Lipinski definition) is 2. The number of anilines is 1. The van der Waals surface area contributed by atoms with Crippen molar-refractivity contribution in [2.45, 2.75) is 26.5 Å². The molecule has 0 aliphatic heterocycles. The average molecular weight is 241 g/mol. The molecule has 94 valence electrons. The molecule has 0 bridgehead atoms. The molecule has 0 heterocycles. The summed E-state index contributed by atoms with van der Waals surface area (Å²) in [6.07, 6.45) is 0. The van der Waals surface area contributed by atoms with Gasteiger partial charge in [-0.2, -0.15) is 0 Å². The zero-order chi connectivity index (χ0) is 13.0. The third kappa shape index (κ3) is 3.11. The molecule has 2 aromatic carbocycles. The van der Waals surface area contributed by atoms with Gasteiger partial charge >= 0.3 is 0 Å². The Morgan fingerprint density at radius 2 is 1.89 bits per heavy atom. The van der Waals surface area contributed by atoms with Gasteiger partial charge in [0.05, 0.1) is 6.61 Å². The van der Waals surface area contributed by atoms with Crippen LogP contribution < -0.4 is 5.32 Å². The zero-order valence-electron chi connectivity index (χ0n) is 10.9. The van der Waals surface area contributed by atoms with Crippen LogP contribution in [0, 0.1) is 6.92 Å². The highest BCUT2D eigenvalue weighted by atomic mass is 16.3. The molecule has 1 unspecified atom stereocenters. The number of rotatable bonds is 4. The van der Waals surface area contributed by atoms with E-state index in [1.165, 1.54) is 11.1 Å². The highest BCUT2D eigenvalue weighted by Gasteiger charge is 2.05. The van der Waals surface area contributed by atoms with E-state index >= 15 is 0 Å². The van der Waals surface area contributed by atoms with E-state index in [0.717, 1.165) is 11.3 Å². The molecule has 0 spiro atoms. The van der Waals surface area contributed by atoms with Gasteiger partial charge < -0.3 is 10.4 Å². The molecule has 0 amide bonds. The Labute approximate surface area is 108 Å². The molecule has 0 aliphatic carbocycles. The summed E-state index contributed by atoms with van der Waals surface area (Å²) in [6, 6.07) is 16.6. The zero-order valence-corrected chi connectivity index (χ0v) is 10.9. The van der Waals surface area contributed by atoms with Gasteiger partial charge in [0.1, 0.15) is 0 Å². The number of aryl methyl sites for hydroxylation is 1. The highest BCUT2D eigenvalue weighted by molar-refractivity contribution is 5.47. The Balaban J connectivity index is 2.13. The molecule has 0 aromatic heterocycles. The van der Waals surface area contributed by atoms with Crippen molar-refractivity contribution in [1.82, 2.24) is 0 Å². The Morgan fingerprint density at radius 3 is 2.61 bits per heavy atom. The topological polar surface area (TPSA) is 32.3 Å². The SMILES string of the molecule is Cc1cccc(NC(C)c2cccc(CO)c2)c1. The van der Waals surface area contributed by atoms with Crippen molar-refractivity contribution in [2.24, 2.45) is 0 Å². The number of aliphatic hydroxyl groups is 1. The Morgan fingerprint density at radius 1 is 1.11 bits per heavy atom. The van der Waals surface area contributed by atoms with Gasteiger partial charge in [-0.25, -0.2) is 0 Å². The second-order valence-corrected chi connectivity index (χ2v) is 4.64. The van der Waals surface area contributed by atoms with Crippen molar-refractivity contribution in [3.63, 3.8) is 0 Å². The monoisotopic (exact) mass is 241 g/mol. The van der Waals surface area contributed by atoms with Crippen molar-refractivity contribution in [2.75, 3.05) is 5.32 Å². The van der Waals surface area contributed by atoms with Crippen molar-refractivity contribution in [3.8, 4) is 0 Å². The Hall–Kier alpha value is -1.80. The van der Waals surface area contributed by atoms with Crippen LogP contribution >= 0.6 is 0 Å². The number of nitrogens with one attached hydrogen (secondary N) is 1. The number of hydrogen-bond acceptors (Lipinski definition) is 2. The van der Waals surface area contributed by atoms with Gasteiger partial charge in [0.2, 0.25) is 0 Å². The van der Waals surface area contributed by atoms with Gasteiger partial charge in [0, 0.05) is 11.7 Å². The fourth-order valence-electron chi connectivity index (χ4n) is 2.03. The van der Waals surface area contributed by atoms with Crippen molar-refractivity contribution < 1.29 is 5.11 Å². The average Bonchev–Trinajstić information content (AvgIpc) is 2.39. The molecular weight excluding hydrogens is 222 g/mol. The molecule has 18 heavy (non-hydrogen) atoms. The second kappa shape index (κ2) is 5.69. The first-order valence-electron chi connectivity index (χ1n) is 6.22. The quantitative estimate of drug-likeness (QED) is 0.856. The van der Waals surface area contributed by atoms with E-state index in [2.05, 4.69) is 49.5 Å². The molecular formula is C16H19NO. The minimum atomic E-state index is 0.0883. The maximum absolute atomic E-state index is 9.15. The predicted octanol–water partition coefficient (Wildman–Crippen LogP) is 3.66. The van der Waals surface area contributed by atoms with Gasteiger partial charge in [0.15, 0.2) is 0 Å². The van der Waals surface area contributed by atoms with E-state index in [4.69, 9.17) is 5.11 Å². The fraction of sp³-hybridized carbons (Fsp3) is 0.250. The van der Waals surface area contributed by atoms with Crippen LogP contribution in [-0.2, 0) is 6.61 Å². The molecule has 0 saturated carbocycles. The van der Waals surface area contributed by atoms with E-state index in [-0.39, 0.29) is 12.6 Å². The first-order valence-corrected chi connectivity index (χ1v) is 6.22. The summed E-state index contributed by atoms with van der Waals surface area (Å²) in [6.45, 7) is 4.30. The molecule has 2 aromatic rings.